The predicted molar refractivity (Wildman–Crippen MR) is 107 cm³/mol. The molecule has 2 heterocycles. The molecular formula is C22H31N3O2. The van der Waals surface area contributed by atoms with Gasteiger partial charge in [-0.2, -0.15) is 4.98 Å². The van der Waals surface area contributed by atoms with E-state index in [1.807, 2.05) is 4.90 Å². The summed E-state index contributed by atoms with van der Waals surface area (Å²) in [5.41, 5.74) is 3.61. The van der Waals surface area contributed by atoms with Gasteiger partial charge in [-0.05, 0) is 42.4 Å². The molecule has 5 nitrogen and oxygen atoms in total. The Morgan fingerprint density at radius 2 is 2.07 bits per heavy atom. The molecular weight excluding hydrogens is 338 g/mol. The standard InChI is InChI=1S/C22H31N3O2/c1-15(2)16-11-12-18-17(14-16)8-7-13-25(18)20(26)10-6-9-19-23-21(24-27-19)22(3,4)5/h11-12,14-15H,6-10,13H2,1-5H3. The van der Waals surface area contributed by atoms with E-state index < -0.39 is 0 Å². The van der Waals surface area contributed by atoms with Crippen LogP contribution < -0.4 is 4.90 Å². The fraction of sp³-hybridized carbons (Fsp3) is 0.591. The molecule has 1 aliphatic rings. The lowest BCUT2D eigenvalue weighted by molar-refractivity contribution is -0.118. The van der Waals surface area contributed by atoms with Gasteiger partial charge >= 0.3 is 0 Å². The molecule has 1 aliphatic heterocycles. The number of carbonyl (C=O) groups is 1. The van der Waals surface area contributed by atoms with E-state index in [0.29, 0.717) is 24.7 Å². The maximum Gasteiger partial charge on any atom is 0.226 e. The first-order valence-corrected chi connectivity index (χ1v) is 10.0. The number of hydrogen-bond donors (Lipinski definition) is 0. The van der Waals surface area contributed by atoms with Crippen LogP contribution in [0.15, 0.2) is 22.7 Å². The normalized spacial score (nSPS) is 14.5. The minimum Gasteiger partial charge on any atom is -0.339 e. The second-order valence-corrected chi connectivity index (χ2v) is 8.81. The molecule has 0 bridgehead atoms. The van der Waals surface area contributed by atoms with Crippen molar-refractivity contribution in [2.24, 2.45) is 0 Å². The van der Waals surface area contributed by atoms with Crippen LogP contribution in [-0.2, 0) is 23.1 Å². The molecule has 0 unspecified atom stereocenters. The molecule has 1 amide bonds. The maximum atomic E-state index is 12.8. The van der Waals surface area contributed by atoms with Crippen molar-refractivity contribution < 1.29 is 9.32 Å². The predicted octanol–water partition coefficient (Wildman–Crippen LogP) is 4.79. The van der Waals surface area contributed by atoms with E-state index in [0.717, 1.165) is 37.3 Å². The summed E-state index contributed by atoms with van der Waals surface area (Å²) in [7, 11) is 0. The van der Waals surface area contributed by atoms with Gasteiger partial charge in [-0.1, -0.05) is 51.9 Å². The lowest BCUT2D eigenvalue weighted by Gasteiger charge is -2.30. The number of hydrogen-bond acceptors (Lipinski definition) is 4. The SMILES string of the molecule is CC(C)c1ccc2c(c1)CCCN2C(=O)CCCc1nc(C(C)(C)C)no1. The van der Waals surface area contributed by atoms with Crippen molar-refractivity contribution in [1.82, 2.24) is 10.1 Å². The number of amides is 1. The summed E-state index contributed by atoms with van der Waals surface area (Å²) in [6.45, 7) is 11.4. The highest BCUT2D eigenvalue weighted by atomic mass is 16.5. The highest BCUT2D eigenvalue weighted by Gasteiger charge is 2.24. The van der Waals surface area contributed by atoms with Gasteiger partial charge in [-0.15, -0.1) is 0 Å². The molecule has 0 atom stereocenters. The Morgan fingerprint density at radius 3 is 2.74 bits per heavy atom. The number of aryl methyl sites for hydroxylation is 2. The molecule has 0 saturated heterocycles. The van der Waals surface area contributed by atoms with Crippen LogP contribution in [0.25, 0.3) is 0 Å². The number of aromatic nitrogens is 2. The molecule has 146 valence electrons. The highest BCUT2D eigenvalue weighted by molar-refractivity contribution is 5.94. The van der Waals surface area contributed by atoms with Crippen LogP contribution in [0.1, 0.15) is 82.6 Å². The molecule has 1 aromatic heterocycles. The summed E-state index contributed by atoms with van der Waals surface area (Å²) in [6, 6.07) is 6.54. The molecule has 0 N–H and O–H groups in total. The third-order valence-corrected chi connectivity index (χ3v) is 5.11. The Balaban J connectivity index is 1.60. The van der Waals surface area contributed by atoms with Crippen molar-refractivity contribution >= 4 is 11.6 Å². The first-order chi connectivity index (χ1) is 12.8. The van der Waals surface area contributed by atoms with Crippen LogP contribution in [0.5, 0.6) is 0 Å². The van der Waals surface area contributed by atoms with Gasteiger partial charge in [0.15, 0.2) is 5.82 Å². The molecule has 1 aromatic carbocycles. The van der Waals surface area contributed by atoms with Gasteiger partial charge < -0.3 is 9.42 Å². The largest absolute Gasteiger partial charge is 0.339 e. The van der Waals surface area contributed by atoms with Gasteiger partial charge in [0.2, 0.25) is 11.8 Å². The van der Waals surface area contributed by atoms with Crippen LogP contribution in [0.3, 0.4) is 0 Å². The van der Waals surface area contributed by atoms with Crippen molar-refractivity contribution in [2.75, 3.05) is 11.4 Å². The van der Waals surface area contributed by atoms with Crippen LogP contribution in [0.2, 0.25) is 0 Å². The highest BCUT2D eigenvalue weighted by Crippen LogP contribution is 2.31. The average Bonchev–Trinajstić information content (AvgIpc) is 3.10. The first-order valence-electron chi connectivity index (χ1n) is 10.0. The molecule has 0 spiro atoms. The topological polar surface area (TPSA) is 59.2 Å². The zero-order valence-electron chi connectivity index (χ0n) is 17.2. The molecule has 0 aliphatic carbocycles. The Kier molecular flexibility index (Phi) is 5.68. The fourth-order valence-corrected chi connectivity index (χ4v) is 3.42. The quantitative estimate of drug-likeness (QED) is 0.760. The lowest BCUT2D eigenvalue weighted by Crippen LogP contribution is -2.35. The molecule has 3 rings (SSSR count). The van der Waals surface area contributed by atoms with Crippen molar-refractivity contribution in [3.8, 4) is 0 Å². The number of benzene rings is 1. The van der Waals surface area contributed by atoms with Gasteiger partial charge in [0, 0.05) is 30.5 Å². The average molecular weight is 370 g/mol. The fourth-order valence-electron chi connectivity index (χ4n) is 3.42. The monoisotopic (exact) mass is 369 g/mol. The molecule has 0 radical (unpaired) electrons. The molecule has 0 fully saturated rings. The molecule has 2 aromatic rings. The number of fused-ring (bicyclic) bond motifs is 1. The van der Waals surface area contributed by atoms with Crippen LogP contribution >= 0.6 is 0 Å². The van der Waals surface area contributed by atoms with Crippen molar-refractivity contribution in [1.29, 1.82) is 0 Å². The lowest BCUT2D eigenvalue weighted by atomic mass is 9.94. The van der Waals surface area contributed by atoms with Gasteiger partial charge in [-0.3, -0.25) is 4.79 Å². The minimum absolute atomic E-state index is 0.121. The van der Waals surface area contributed by atoms with Crippen LogP contribution in [-0.4, -0.2) is 22.6 Å². The second kappa shape index (κ2) is 7.83. The Hall–Kier alpha value is -2.17. The first kappa shape index (κ1) is 19.6. The molecule has 5 heteroatoms. The Morgan fingerprint density at radius 1 is 1.30 bits per heavy atom. The molecule has 27 heavy (non-hydrogen) atoms. The van der Waals surface area contributed by atoms with Crippen molar-refractivity contribution in [3.05, 3.63) is 41.0 Å². The van der Waals surface area contributed by atoms with E-state index in [9.17, 15) is 4.79 Å². The van der Waals surface area contributed by atoms with E-state index in [4.69, 9.17) is 4.52 Å². The summed E-state index contributed by atoms with van der Waals surface area (Å²) in [6.07, 6.45) is 3.94. The summed E-state index contributed by atoms with van der Waals surface area (Å²) < 4.78 is 5.32. The van der Waals surface area contributed by atoms with Crippen molar-refractivity contribution in [2.45, 2.75) is 78.1 Å². The van der Waals surface area contributed by atoms with Crippen LogP contribution in [0, 0.1) is 0 Å². The Bertz CT molecular complexity index is 802. The van der Waals surface area contributed by atoms with E-state index in [-0.39, 0.29) is 11.3 Å². The Labute approximate surface area is 162 Å². The zero-order valence-corrected chi connectivity index (χ0v) is 17.2. The third kappa shape index (κ3) is 4.57. The van der Waals surface area contributed by atoms with Gasteiger partial charge in [0.05, 0.1) is 0 Å². The second-order valence-electron chi connectivity index (χ2n) is 8.81. The summed E-state index contributed by atoms with van der Waals surface area (Å²) in [5.74, 6) is 2.03. The summed E-state index contributed by atoms with van der Waals surface area (Å²) in [5, 5.41) is 4.05. The van der Waals surface area contributed by atoms with E-state index in [1.165, 1.54) is 11.1 Å². The number of carbonyl (C=O) groups excluding carboxylic acids is 1. The van der Waals surface area contributed by atoms with Gasteiger partial charge in [-0.25, -0.2) is 0 Å². The van der Waals surface area contributed by atoms with E-state index >= 15 is 0 Å². The van der Waals surface area contributed by atoms with E-state index in [2.05, 4.69) is 63.0 Å². The minimum atomic E-state index is -0.121. The number of rotatable bonds is 5. The third-order valence-electron chi connectivity index (χ3n) is 5.11. The smallest absolute Gasteiger partial charge is 0.226 e. The number of nitrogens with zero attached hydrogens (tertiary/aromatic N) is 3. The number of anilines is 1. The molecule has 0 saturated carbocycles. The van der Waals surface area contributed by atoms with Crippen molar-refractivity contribution in [3.63, 3.8) is 0 Å². The zero-order chi connectivity index (χ0) is 19.6. The van der Waals surface area contributed by atoms with Gasteiger partial charge in [0.25, 0.3) is 0 Å². The van der Waals surface area contributed by atoms with Crippen LogP contribution in [0.4, 0.5) is 5.69 Å². The summed E-state index contributed by atoms with van der Waals surface area (Å²) >= 11 is 0. The van der Waals surface area contributed by atoms with E-state index in [1.54, 1.807) is 0 Å². The maximum absolute atomic E-state index is 12.8. The summed E-state index contributed by atoms with van der Waals surface area (Å²) in [4.78, 5) is 19.2. The van der Waals surface area contributed by atoms with Gasteiger partial charge in [0.1, 0.15) is 0 Å².